The monoisotopic (exact) mass is 320 g/mol. The van der Waals surface area contributed by atoms with Crippen LogP contribution in [0.3, 0.4) is 0 Å². The maximum atomic E-state index is 12.7. The van der Waals surface area contributed by atoms with Crippen molar-refractivity contribution in [2.45, 2.75) is 25.4 Å². The number of nitrogens with one attached hydrogen (secondary N) is 3. The molecule has 5 heteroatoms. The fourth-order valence-electron chi connectivity index (χ4n) is 3.33. The minimum atomic E-state index is -0.0942. The standard InChI is InChI=1S/C19H20N4O/c24-19(15-8-3-9-16-18(15)22-12-21-16)23-17-11-14-6-2-1-5-13(14)7-4-10-20-17/h1-3,5-6,8-9,12,17,20H,4,7,10-11H2,(H,21,22)(H,23,24). The van der Waals surface area contributed by atoms with Gasteiger partial charge in [-0.25, -0.2) is 4.98 Å². The van der Waals surface area contributed by atoms with Gasteiger partial charge in [0.1, 0.15) is 5.52 Å². The molecule has 1 aromatic heterocycles. The van der Waals surface area contributed by atoms with E-state index in [-0.39, 0.29) is 12.1 Å². The second-order valence-electron chi connectivity index (χ2n) is 6.16. The van der Waals surface area contributed by atoms with E-state index < -0.39 is 0 Å². The van der Waals surface area contributed by atoms with Crippen LogP contribution in [0, 0.1) is 0 Å². The van der Waals surface area contributed by atoms with Gasteiger partial charge in [0.05, 0.1) is 23.6 Å². The molecule has 122 valence electrons. The fraction of sp³-hybridized carbons (Fsp3) is 0.263. The van der Waals surface area contributed by atoms with E-state index in [1.807, 2.05) is 18.2 Å². The number of carbonyl (C=O) groups excluding carboxylic acids is 1. The van der Waals surface area contributed by atoms with Crippen LogP contribution < -0.4 is 10.6 Å². The van der Waals surface area contributed by atoms with E-state index in [0.29, 0.717) is 11.1 Å². The van der Waals surface area contributed by atoms with Crippen molar-refractivity contribution in [2.24, 2.45) is 0 Å². The average Bonchev–Trinajstić information content (AvgIpc) is 3.06. The number of benzene rings is 2. The lowest BCUT2D eigenvalue weighted by molar-refractivity contribution is 0.0930. The van der Waals surface area contributed by atoms with Crippen molar-refractivity contribution in [3.63, 3.8) is 0 Å². The van der Waals surface area contributed by atoms with Gasteiger partial charge in [-0.1, -0.05) is 30.3 Å². The summed E-state index contributed by atoms with van der Waals surface area (Å²) >= 11 is 0. The normalized spacial score (nSPS) is 17.8. The molecular weight excluding hydrogens is 300 g/mol. The second kappa shape index (κ2) is 6.45. The first-order chi connectivity index (χ1) is 11.8. The lowest BCUT2D eigenvalue weighted by Crippen LogP contribution is -2.48. The molecule has 1 amide bonds. The summed E-state index contributed by atoms with van der Waals surface area (Å²) in [6.07, 6.45) is 4.48. The lowest BCUT2D eigenvalue weighted by atomic mass is 9.97. The first-order valence-corrected chi connectivity index (χ1v) is 8.34. The fourth-order valence-corrected chi connectivity index (χ4v) is 3.33. The van der Waals surface area contributed by atoms with E-state index in [1.165, 1.54) is 11.1 Å². The first kappa shape index (κ1) is 14.9. The van der Waals surface area contributed by atoms with Crippen molar-refractivity contribution < 1.29 is 4.79 Å². The summed E-state index contributed by atoms with van der Waals surface area (Å²) in [6, 6.07) is 14.1. The van der Waals surface area contributed by atoms with Crippen molar-refractivity contribution in [2.75, 3.05) is 6.54 Å². The Balaban J connectivity index is 1.56. The number of H-pyrrole nitrogens is 1. The maximum Gasteiger partial charge on any atom is 0.254 e. The number of aryl methyl sites for hydroxylation is 1. The number of amides is 1. The van der Waals surface area contributed by atoms with E-state index in [0.717, 1.165) is 31.3 Å². The molecule has 2 aromatic carbocycles. The Morgan fingerprint density at radius 1 is 1.12 bits per heavy atom. The van der Waals surface area contributed by atoms with Crippen LogP contribution in [0.5, 0.6) is 0 Å². The Labute approximate surface area is 140 Å². The van der Waals surface area contributed by atoms with Gasteiger partial charge in [0, 0.05) is 6.42 Å². The van der Waals surface area contributed by atoms with Gasteiger partial charge in [0.25, 0.3) is 5.91 Å². The summed E-state index contributed by atoms with van der Waals surface area (Å²) in [7, 11) is 0. The minimum absolute atomic E-state index is 0.0758. The topological polar surface area (TPSA) is 69.8 Å². The van der Waals surface area contributed by atoms with Crippen LogP contribution in [-0.2, 0) is 12.8 Å². The number of rotatable bonds is 2. The highest BCUT2D eigenvalue weighted by molar-refractivity contribution is 6.04. The number of para-hydroxylation sites is 1. The van der Waals surface area contributed by atoms with Gasteiger partial charge in [0.2, 0.25) is 0 Å². The zero-order chi connectivity index (χ0) is 16.4. The molecule has 0 saturated carbocycles. The van der Waals surface area contributed by atoms with Crippen molar-refractivity contribution in [3.8, 4) is 0 Å². The van der Waals surface area contributed by atoms with Crippen molar-refractivity contribution in [3.05, 3.63) is 65.5 Å². The molecule has 3 aromatic rings. The van der Waals surface area contributed by atoms with E-state index in [4.69, 9.17) is 0 Å². The Kier molecular flexibility index (Phi) is 4.01. The number of aromatic amines is 1. The van der Waals surface area contributed by atoms with Crippen molar-refractivity contribution in [1.29, 1.82) is 0 Å². The number of fused-ring (bicyclic) bond motifs is 2. The van der Waals surface area contributed by atoms with Crippen molar-refractivity contribution in [1.82, 2.24) is 20.6 Å². The molecule has 0 radical (unpaired) electrons. The minimum Gasteiger partial charge on any atom is -0.345 e. The summed E-state index contributed by atoms with van der Waals surface area (Å²) in [6.45, 7) is 0.895. The van der Waals surface area contributed by atoms with Crippen LogP contribution in [0.1, 0.15) is 27.9 Å². The highest BCUT2D eigenvalue weighted by Gasteiger charge is 2.19. The highest BCUT2D eigenvalue weighted by atomic mass is 16.1. The maximum absolute atomic E-state index is 12.7. The number of aromatic nitrogens is 2. The highest BCUT2D eigenvalue weighted by Crippen LogP contribution is 2.17. The number of nitrogens with zero attached hydrogens (tertiary/aromatic N) is 1. The van der Waals surface area contributed by atoms with Gasteiger partial charge in [-0.05, 0) is 42.6 Å². The van der Waals surface area contributed by atoms with Crippen LogP contribution in [0.2, 0.25) is 0 Å². The molecule has 2 heterocycles. The van der Waals surface area contributed by atoms with Gasteiger partial charge in [-0.3, -0.25) is 10.1 Å². The summed E-state index contributed by atoms with van der Waals surface area (Å²) in [5.41, 5.74) is 4.87. The third-order valence-electron chi connectivity index (χ3n) is 4.56. The van der Waals surface area contributed by atoms with Gasteiger partial charge in [0.15, 0.2) is 0 Å². The zero-order valence-corrected chi connectivity index (χ0v) is 13.4. The Bertz CT molecular complexity index is 870. The molecule has 4 rings (SSSR count). The predicted molar refractivity (Wildman–Crippen MR) is 93.8 cm³/mol. The Morgan fingerprint density at radius 2 is 2.00 bits per heavy atom. The molecule has 1 aliphatic rings. The number of hydrogen-bond acceptors (Lipinski definition) is 3. The summed E-state index contributed by atoms with van der Waals surface area (Å²) in [4.78, 5) is 20.0. The smallest absolute Gasteiger partial charge is 0.254 e. The molecule has 0 fully saturated rings. The molecule has 5 nitrogen and oxygen atoms in total. The molecule has 3 N–H and O–H groups in total. The molecule has 0 saturated heterocycles. The van der Waals surface area contributed by atoms with E-state index in [9.17, 15) is 4.79 Å². The van der Waals surface area contributed by atoms with E-state index in [2.05, 4.69) is 44.9 Å². The number of carbonyl (C=O) groups is 1. The largest absolute Gasteiger partial charge is 0.345 e. The molecule has 1 atom stereocenters. The molecule has 0 bridgehead atoms. The average molecular weight is 320 g/mol. The van der Waals surface area contributed by atoms with Crippen LogP contribution >= 0.6 is 0 Å². The quantitative estimate of drug-likeness (QED) is 0.679. The Hall–Kier alpha value is -2.66. The molecule has 24 heavy (non-hydrogen) atoms. The van der Waals surface area contributed by atoms with Crippen LogP contribution in [-0.4, -0.2) is 28.6 Å². The van der Waals surface area contributed by atoms with Gasteiger partial charge < -0.3 is 10.3 Å². The Morgan fingerprint density at radius 3 is 2.92 bits per heavy atom. The van der Waals surface area contributed by atoms with Crippen LogP contribution in [0.15, 0.2) is 48.8 Å². The van der Waals surface area contributed by atoms with Crippen molar-refractivity contribution >= 4 is 16.9 Å². The van der Waals surface area contributed by atoms with E-state index >= 15 is 0 Å². The summed E-state index contributed by atoms with van der Waals surface area (Å²) in [5, 5.41) is 6.57. The van der Waals surface area contributed by atoms with Gasteiger partial charge in [-0.2, -0.15) is 0 Å². The van der Waals surface area contributed by atoms with E-state index in [1.54, 1.807) is 6.33 Å². The lowest BCUT2D eigenvalue weighted by Gasteiger charge is -2.24. The number of imidazole rings is 1. The molecule has 0 spiro atoms. The molecule has 1 unspecified atom stereocenters. The summed E-state index contributed by atoms with van der Waals surface area (Å²) < 4.78 is 0. The van der Waals surface area contributed by atoms with Gasteiger partial charge in [-0.15, -0.1) is 0 Å². The zero-order valence-electron chi connectivity index (χ0n) is 13.4. The summed E-state index contributed by atoms with van der Waals surface area (Å²) in [5.74, 6) is -0.0942. The second-order valence-corrected chi connectivity index (χ2v) is 6.16. The SMILES string of the molecule is O=C(NC1Cc2ccccc2CCCN1)c1cccc2[nH]cnc12. The number of hydrogen-bond donors (Lipinski definition) is 3. The van der Waals surface area contributed by atoms with Gasteiger partial charge >= 0.3 is 0 Å². The molecular formula is C19H20N4O. The first-order valence-electron chi connectivity index (χ1n) is 8.34. The van der Waals surface area contributed by atoms with Crippen LogP contribution in [0.4, 0.5) is 0 Å². The predicted octanol–water partition coefficient (Wildman–Crippen LogP) is 2.40. The van der Waals surface area contributed by atoms with Crippen LogP contribution in [0.25, 0.3) is 11.0 Å². The third kappa shape index (κ3) is 2.90. The molecule has 0 aliphatic carbocycles. The molecule has 1 aliphatic heterocycles. The third-order valence-corrected chi connectivity index (χ3v) is 4.56.